The lowest BCUT2D eigenvalue weighted by molar-refractivity contribution is -0.117. The summed E-state index contributed by atoms with van der Waals surface area (Å²) < 4.78 is 0. The molecule has 0 aliphatic carbocycles. The minimum Gasteiger partial charge on any atom is -0.325 e. The Labute approximate surface area is 151 Å². The molecule has 5 heteroatoms. The number of hydrogen-bond acceptors (Lipinski definition) is 4. The maximum absolute atomic E-state index is 12.5. The van der Waals surface area contributed by atoms with Crippen LogP contribution in [0.1, 0.15) is 51.5 Å². The van der Waals surface area contributed by atoms with Crippen molar-refractivity contribution in [3.8, 4) is 0 Å². The topological polar surface area (TPSA) is 56.4 Å². The first-order valence-electron chi connectivity index (χ1n) is 9.73. The Morgan fingerprint density at radius 3 is 2.80 bits per heavy atom. The van der Waals surface area contributed by atoms with E-state index in [4.69, 9.17) is 0 Å². The number of benzene rings is 1. The van der Waals surface area contributed by atoms with Crippen LogP contribution in [-0.2, 0) is 11.3 Å². The highest BCUT2D eigenvalue weighted by molar-refractivity contribution is 5.95. The monoisotopic (exact) mass is 344 g/mol. The predicted molar refractivity (Wildman–Crippen MR) is 102 cm³/mol. The number of likely N-dealkylation sites (tertiary alicyclic amines) is 1. The number of anilines is 1. The highest BCUT2D eigenvalue weighted by atomic mass is 16.2. The van der Waals surface area contributed by atoms with Crippen molar-refractivity contribution >= 4 is 11.6 Å². The Balaban J connectivity index is 1.52. The zero-order valence-corrected chi connectivity index (χ0v) is 15.6. The third kappa shape index (κ3) is 5.53. The van der Waals surface area contributed by atoms with E-state index in [1.807, 2.05) is 12.1 Å². The van der Waals surface area contributed by atoms with Crippen molar-refractivity contribution in [2.24, 2.45) is 5.92 Å². The molecule has 1 aromatic carbocycles. The molecule has 3 rings (SSSR count). The van der Waals surface area contributed by atoms with Gasteiger partial charge in [0.05, 0.1) is 0 Å². The van der Waals surface area contributed by atoms with Gasteiger partial charge in [-0.25, -0.2) is 5.43 Å². The van der Waals surface area contributed by atoms with Crippen LogP contribution in [0.2, 0.25) is 0 Å². The number of nitrogens with one attached hydrogen (secondary N) is 3. The number of piperidine rings is 1. The Morgan fingerprint density at radius 2 is 2.04 bits per heavy atom. The normalized spacial score (nSPS) is 24.6. The van der Waals surface area contributed by atoms with Crippen LogP contribution in [0.4, 0.5) is 5.69 Å². The van der Waals surface area contributed by atoms with Gasteiger partial charge in [0.15, 0.2) is 0 Å². The first-order valence-corrected chi connectivity index (χ1v) is 9.73. The Hall–Kier alpha value is -1.43. The molecule has 0 radical (unpaired) electrons. The summed E-state index contributed by atoms with van der Waals surface area (Å²) in [4.78, 5) is 15.0. The third-order valence-electron chi connectivity index (χ3n) is 5.10. The van der Waals surface area contributed by atoms with Gasteiger partial charge in [0.1, 0.15) is 6.04 Å². The highest BCUT2D eigenvalue weighted by Crippen LogP contribution is 2.18. The molecule has 0 spiro atoms. The second-order valence-electron chi connectivity index (χ2n) is 7.93. The zero-order valence-electron chi connectivity index (χ0n) is 15.6. The third-order valence-corrected chi connectivity index (χ3v) is 5.10. The molecule has 2 aliphatic rings. The smallest absolute Gasteiger partial charge is 0.242 e. The Bertz CT molecular complexity index is 569. The lowest BCUT2D eigenvalue weighted by Crippen LogP contribution is -2.40. The van der Waals surface area contributed by atoms with Gasteiger partial charge in [0, 0.05) is 18.3 Å². The van der Waals surface area contributed by atoms with Crippen LogP contribution in [0, 0.1) is 5.92 Å². The number of hydrazine groups is 1. The van der Waals surface area contributed by atoms with Crippen molar-refractivity contribution in [1.82, 2.24) is 15.8 Å². The summed E-state index contributed by atoms with van der Waals surface area (Å²) >= 11 is 0. The van der Waals surface area contributed by atoms with Gasteiger partial charge in [0.2, 0.25) is 5.91 Å². The fourth-order valence-corrected chi connectivity index (χ4v) is 3.87. The van der Waals surface area contributed by atoms with E-state index in [0.717, 1.165) is 25.1 Å². The average molecular weight is 345 g/mol. The van der Waals surface area contributed by atoms with Gasteiger partial charge < -0.3 is 5.32 Å². The Kier molecular flexibility index (Phi) is 6.45. The fraction of sp³-hybridized carbons (Fsp3) is 0.650. The van der Waals surface area contributed by atoms with E-state index in [9.17, 15) is 4.79 Å². The van der Waals surface area contributed by atoms with Crippen molar-refractivity contribution in [1.29, 1.82) is 0 Å². The number of rotatable bonds is 6. The van der Waals surface area contributed by atoms with E-state index in [2.05, 4.69) is 47.0 Å². The summed E-state index contributed by atoms with van der Waals surface area (Å²) in [6.07, 6.45) is 5.88. The van der Waals surface area contributed by atoms with E-state index < -0.39 is 0 Å². The van der Waals surface area contributed by atoms with Crippen molar-refractivity contribution in [2.45, 2.75) is 64.6 Å². The molecule has 0 aromatic heterocycles. The first-order chi connectivity index (χ1) is 12.1. The number of amides is 1. The average Bonchev–Trinajstić information content (AvgIpc) is 3.04. The van der Waals surface area contributed by atoms with Crippen LogP contribution < -0.4 is 16.2 Å². The Morgan fingerprint density at radius 1 is 1.24 bits per heavy atom. The standard InChI is InChI=1S/C20H32N4O/c1-15(2)11-18-13-19(23-22-18)20(25)21-17-8-6-7-16(12-17)14-24-9-4-3-5-10-24/h6-8,12,15,18-19,22-23H,3-5,9-11,13-14H2,1-2H3,(H,21,25). The maximum Gasteiger partial charge on any atom is 0.242 e. The van der Waals surface area contributed by atoms with Crippen LogP contribution >= 0.6 is 0 Å². The molecule has 25 heavy (non-hydrogen) atoms. The number of nitrogens with zero attached hydrogens (tertiary/aromatic N) is 1. The lowest BCUT2D eigenvalue weighted by Gasteiger charge is -2.26. The first kappa shape index (κ1) is 18.4. The van der Waals surface area contributed by atoms with Gasteiger partial charge in [-0.2, -0.15) is 0 Å². The molecule has 2 atom stereocenters. The van der Waals surface area contributed by atoms with Crippen LogP contribution in [0.3, 0.4) is 0 Å². The predicted octanol–water partition coefficient (Wildman–Crippen LogP) is 2.89. The number of carbonyl (C=O) groups excluding carboxylic acids is 1. The second kappa shape index (κ2) is 8.79. The van der Waals surface area contributed by atoms with Crippen LogP contribution in [0.15, 0.2) is 24.3 Å². The molecule has 2 saturated heterocycles. The van der Waals surface area contributed by atoms with Crippen molar-refractivity contribution in [2.75, 3.05) is 18.4 Å². The second-order valence-corrected chi connectivity index (χ2v) is 7.93. The van der Waals surface area contributed by atoms with Crippen LogP contribution in [0.5, 0.6) is 0 Å². The lowest BCUT2D eigenvalue weighted by atomic mass is 10.00. The maximum atomic E-state index is 12.5. The van der Waals surface area contributed by atoms with Crippen LogP contribution in [0.25, 0.3) is 0 Å². The summed E-state index contributed by atoms with van der Waals surface area (Å²) in [5, 5.41) is 3.08. The molecule has 0 saturated carbocycles. The quantitative estimate of drug-likeness (QED) is 0.743. The molecule has 138 valence electrons. The van der Waals surface area contributed by atoms with Gasteiger partial charge in [-0.05, 0) is 62.4 Å². The van der Waals surface area contributed by atoms with E-state index in [1.54, 1.807) is 0 Å². The minimum absolute atomic E-state index is 0.0499. The van der Waals surface area contributed by atoms with Gasteiger partial charge in [-0.3, -0.25) is 15.1 Å². The summed E-state index contributed by atoms with van der Waals surface area (Å²) in [7, 11) is 0. The molecule has 3 N–H and O–H groups in total. The number of carbonyl (C=O) groups is 1. The fourth-order valence-electron chi connectivity index (χ4n) is 3.87. The van der Waals surface area contributed by atoms with E-state index in [-0.39, 0.29) is 11.9 Å². The van der Waals surface area contributed by atoms with Gasteiger partial charge in [0.25, 0.3) is 0 Å². The molecule has 2 unspecified atom stereocenters. The molecule has 0 bridgehead atoms. The molecule has 2 heterocycles. The summed E-state index contributed by atoms with van der Waals surface area (Å²) in [5.41, 5.74) is 8.56. The SMILES string of the molecule is CC(C)CC1CC(C(=O)Nc2cccc(CN3CCCCC3)c2)NN1. The zero-order chi connectivity index (χ0) is 17.6. The summed E-state index contributed by atoms with van der Waals surface area (Å²) in [5.74, 6) is 0.682. The molecular formula is C20H32N4O. The van der Waals surface area contributed by atoms with Crippen molar-refractivity contribution in [3.63, 3.8) is 0 Å². The van der Waals surface area contributed by atoms with Crippen molar-refractivity contribution < 1.29 is 4.79 Å². The van der Waals surface area contributed by atoms with Crippen molar-refractivity contribution in [3.05, 3.63) is 29.8 Å². The molecule has 5 nitrogen and oxygen atoms in total. The minimum atomic E-state index is -0.158. The van der Waals surface area contributed by atoms with E-state index in [1.165, 1.54) is 37.9 Å². The summed E-state index contributed by atoms with van der Waals surface area (Å²) in [6.45, 7) is 7.77. The molecule has 1 amide bonds. The van der Waals surface area contributed by atoms with Gasteiger partial charge in [-0.1, -0.05) is 32.4 Å². The number of hydrogen-bond donors (Lipinski definition) is 3. The van der Waals surface area contributed by atoms with Gasteiger partial charge in [-0.15, -0.1) is 0 Å². The van der Waals surface area contributed by atoms with Gasteiger partial charge >= 0.3 is 0 Å². The largest absolute Gasteiger partial charge is 0.325 e. The molecule has 1 aromatic rings. The molecular weight excluding hydrogens is 312 g/mol. The molecule has 2 aliphatic heterocycles. The van der Waals surface area contributed by atoms with E-state index in [0.29, 0.717) is 12.0 Å². The molecule has 2 fully saturated rings. The van der Waals surface area contributed by atoms with Crippen LogP contribution in [-0.4, -0.2) is 36.0 Å². The highest BCUT2D eigenvalue weighted by Gasteiger charge is 2.29. The van der Waals surface area contributed by atoms with E-state index >= 15 is 0 Å². The summed E-state index contributed by atoms with van der Waals surface area (Å²) in [6, 6.07) is 8.50.